The van der Waals surface area contributed by atoms with E-state index in [2.05, 4.69) is 21.2 Å². The molecular formula is C23H24ClN3O. The third-order valence-electron chi connectivity index (χ3n) is 4.80. The van der Waals surface area contributed by atoms with Crippen LogP contribution >= 0.6 is 11.6 Å². The Morgan fingerprint density at radius 3 is 2.46 bits per heavy atom. The van der Waals surface area contributed by atoms with Crippen molar-refractivity contribution >= 4 is 23.7 Å². The van der Waals surface area contributed by atoms with Gasteiger partial charge in [0.05, 0.1) is 12.6 Å². The highest BCUT2D eigenvalue weighted by Gasteiger charge is 2.10. The van der Waals surface area contributed by atoms with Gasteiger partial charge in [0, 0.05) is 27.7 Å². The van der Waals surface area contributed by atoms with Crippen molar-refractivity contribution in [3.63, 3.8) is 0 Å². The summed E-state index contributed by atoms with van der Waals surface area (Å²) >= 11 is 5.99. The third kappa shape index (κ3) is 4.52. The van der Waals surface area contributed by atoms with Crippen molar-refractivity contribution in [1.29, 1.82) is 0 Å². The molecule has 28 heavy (non-hydrogen) atoms. The van der Waals surface area contributed by atoms with Crippen molar-refractivity contribution in [2.45, 2.75) is 34.1 Å². The average molecular weight is 394 g/mol. The zero-order valence-electron chi connectivity index (χ0n) is 16.6. The Kier molecular flexibility index (Phi) is 6.00. The molecule has 144 valence electrons. The summed E-state index contributed by atoms with van der Waals surface area (Å²) in [5, 5.41) is 4.86. The Bertz CT molecular complexity index is 1030. The molecule has 5 heteroatoms. The molecule has 1 amide bonds. The van der Waals surface area contributed by atoms with Crippen LogP contribution in [0.5, 0.6) is 0 Å². The highest BCUT2D eigenvalue weighted by molar-refractivity contribution is 6.30. The van der Waals surface area contributed by atoms with E-state index in [0.717, 1.165) is 33.8 Å². The number of halogens is 1. The number of aryl methyl sites for hydroxylation is 3. The van der Waals surface area contributed by atoms with Crippen LogP contribution in [0.1, 0.15) is 33.6 Å². The number of rotatable bonds is 5. The predicted molar refractivity (Wildman–Crippen MR) is 116 cm³/mol. The highest BCUT2D eigenvalue weighted by atomic mass is 35.5. The van der Waals surface area contributed by atoms with Gasteiger partial charge in [-0.15, -0.1) is 0 Å². The van der Waals surface area contributed by atoms with Gasteiger partial charge in [0.15, 0.2) is 0 Å². The minimum Gasteiger partial charge on any atom is -0.318 e. The first-order valence-electron chi connectivity index (χ1n) is 9.18. The molecule has 1 heterocycles. The summed E-state index contributed by atoms with van der Waals surface area (Å²) < 4.78 is 2.13. The fourth-order valence-electron chi connectivity index (χ4n) is 3.34. The number of benzene rings is 2. The fraction of sp³-hybridized carbons (Fsp3) is 0.217. The minimum absolute atomic E-state index is 0.130. The lowest BCUT2D eigenvalue weighted by molar-refractivity contribution is -0.120. The molecule has 3 rings (SSSR count). The molecule has 0 aliphatic rings. The number of hydrogen-bond acceptors (Lipinski definition) is 2. The number of aromatic nitrogens is 1. The molecule has 4 nitrogen and oxygen atoms in total. The summed E-state index contributed by atoms with van der Waals surface area (Å²) in [4.78, 5) is 12.2. The van der Waals surface area contributed by atoms with Gasteiger partial charge >= 0.3 is 0 Å². The first kappa shape index (κ1) is 19.9. The summed E-state index contributed by atoms with van der Waals surface area (Å²) in [6, 6.07) is 15.8. The van der Waals surface area contributed by atoms with Crippen molar-refractivity contribution < 1.29 is 4.79 Å². The van der Waals surface area contributed by atoms with E-state index in [0.29, 0.717) is 11.4 Å². The molecular weight excluding hydrogens is 370 g/mol. The summed E-state index contributed by atoms with van der Waals surface area (Å²) in [6.45, 7) is 8.13. The first-order chi connectivity index (χ1) is 13.3. The largest absolute Gasteiger partial charge is 0.318 e. The van der Waals surface area contributed by atoms with Crippen LogP contribution in [0.2, 0.25) is 5.02 Å². The average Bonchev–Trinajstić information content (AvgIpc) is 2.92. The van der Waals surface area contributed by atoms with Gasteiger partial charge in [0.1, 0.15) is 0 Å². The standard InChI is InChI=1S/C23H24ClN3O/c1-15-5-6-19(16(2)11-15)13-23(28)26-25-14-20-12-17(3)27(18(20)4)22-9-7-21(24)8-10-22/h5-12,14H,13H2,1-4H3,(H,26,28)/b25-14+. The number of nitrogens with one attached hydrogen (secondary N) is 1. The molecule has 0 atom stereocenters. The lowest BCUT2D eigenvalue weighted by Gasteiger charge is -2.09. The van der Waals surface area contributed by atoms with Gasteiger partial charge in [-0.2, -0.15) is 5.10 Å². The number of hydrazone groups is 1. The van der Waals surface area contributed by atoms with Crippen LogP contribution in [-0.4, -0.2) is 16.7 Å². The molecule has 1 aromatic heterocycles. The Labute approximate surface area is 170 Å². The molecule has 1 N–H and O–H groups in total. The van der Waals surface area contributed by atoms with Crippen molar-refractivity contribution in [1.82, 2.24) is 9.99 Å². The molecule has 0 aliphatic carbocycles. The van der Waals surface area contributed by atoms with Gasteiger partial charge in [0.25, 0.3) is 0 Å². The SMILES string of the molecule is Cc1ccc(CC(=O)N/N=C/c2cc(C)n(-c3ccc(Cl)cc3)c2C)c(C)c1. The molecule has 3 aromatic rings. The van der Waals surface area contributed by atoms with E-state index in [1.54, 1.807) is 6.21 Å². The van der Waals surface area contributed by atoms with Crippen LogP contribution < -0.4 is 5.43 Å². The van der Waals surface area contributed by atoms with E-state index in [-0.39, 0.29) is 5.91 Å². The summed E-state index contributed by atoms with van der Waals surface area (Å²) in [7, 11) is 0. The van der Waals surface area contributed by atoms with E-state index in [4.69, 9.17) is 11.6 Å². The minimum atomic E-state index is -0.130. The van der Waals surface area contributed by atoms with Gasteiger partial charge in [-0.25, -0.2) is 5.43 Å². The van der Waals surface area contributed by atoms with Gasteiger partial charge in [-0.1, -0.05) is 35.4 Å². The molecule has 0 aliphatic heterocycles. The molecule has 0 bridgehead atoms. The molecule has 0 spiro atoms. The zero-order valence-corrected chi connectivity index (χ0v) is 17.3. The Morgan fingerprint density at radius 1 is 1.07 bits per heavy atom. The maximum absolute atomic E-state index is 12.2. The number of nitrogens with zero attached hydrogens (tertiary/aromatic N) is 2. The van der Waals surface area contributed by atoms with Gasteiger partial charge < -0.3 is 4.57 Å². The second kappa shape index (κ2) is 8.44. The second-order valence-corrected chi connectivity index (χ2v) is 7.47. The van der Waals surface area contributed by atoms with Crippen molar-refractivity contribution in [2.75, 3.05) is 0 Å². The predicted octanol–water partition coefficient (Wildman–Crippen LogP) is 5.06. The molecule has 0 saturated carbocycles. The smallest absolute Gasteiger partial charge is 0.244 e. The fourth-order valence-corrected chi connectivity index (χ4v) is 3.46. The molecule has 0 unspecified atom stereocenters. The van der Waals surface area contributed by atoms with Crippen LogP contribution in [0.4, 0.5) is 0 Å². The molecule has 0 saturated heterocycles. The molecule has 2 aromatic carbocycles. The van der Waals surface area contributed by atoms with E-state index in [1.165, 1.54) is 5.56 Å². The highest BCUT2D eigenvalue weighted by Crippen LogP contribution is 2.21. The Hall–Kier alpha value is -2.85. The summed E-state index contributed by atoms with van der Waals surface area (Å²) in [5.41, 5.74) is 10.1. The van der Waals surface area contributed by atoms with Crippen LogP contribution in [-0.2, 0) is 11.2 Å². The van der Waals surface area contributed by atoms with Gasteiger partial charge in [0.2, 0.25) is 5.91 Å². The van der Waals surface area contributed by atoms with Crippen molar-refractivity contribution in [3.8, 4) is 5.69 Å². The molecule has 0 radical (unpaired) electrons. The molecule has 0 fully saturated rings. The second-order valence-electron chi connectivity index (χ2n) is 7.04. The zero-order chi connectivity index (χ0) is 20.3. The number of hydrogen-bond donors (Lipinski definition) is 1. The van der Waals surface area contributed by atoms with Gasteiger partial charge in [-0.05, 0) is 69.2 Å². The van der Waals surface area contributed by atoms with Crippen LogP contribution in [0.25, 0.3) is 5.69 Å². The number of carbonyl (C=O) groups excluding carboxylic acids is 1. The Balaban J connectivity index is 1.70. The maximum atomic E-state index is 12.2. The van der Waals surface area contributed by atoms with E-state index in [9.17, 15) is 4.79 Å². The maximum Gasteiger partial charge on any atom is 0.244 e. The van der Waals surface area contributed by atoms with E-state index < -0.39 is 0 Å². The normalized spacial score (nSPS) is 11.2. The van der Waals surface area contributed by atoms with Crippen LogP contribution in [0.3, 0.4) is 0 Å². The number of carbonyl (C=O) groups is 1. The lowest BCUT2D eigenvalue weighted by atomic mass is 10.0. The van der Waals surface area contributed by atoms with Crippen molar-refractivity contribution in [3.05, 3.63) is 87.2 Å². The Morgan fingerprint density at radius 2 is 1.79 bits per heavy atom. The first-order valence-corrected chi connectivity index (χ1v) is 9.56. The third-order valence-corrected chi connectivity index (χ3v) is 5.05. The quantitative estimate of drug-likeness (QED) is 0.478. The number of amides is 1. The monoisotopic (exact) mass is 393 g/mol. The lowest BCUT2D eigenvalue weighted by Crippen LogP contribution is -2.20. The van der Waals surface area contributed by atoms with E-state index in [1.807, 2.05) is 70.2 Å². The summed E-state index contributed by atoms with van der Waals surface area (Å²) in [5.74, 6) is -0.130. The van der Waals surface area contributed by atoms with Crippen LogP contribution in [0.15, 0.2) is 53.6 Å². The van der Waals surface area contributed by atoms with Crippen LogP contribution in [0, 0.1) is 27.7 Å². The van der Waals surface area contributed by atoms with Crippen molar-refractivity contribution in [2.24, 2.45) is 5.10 Å². The summed E-state index contributed by atoms with van der Waals surface area (Å²) in [6.07, 6.45) is 2.00. The topological polar surface area (TPSA) is 46.4 Å². The van der Waals surface area contributed by atoms with E-state index >= 15 is 0 Å². The van der Waals surface area contributed by atoms with Gasteiger partial charge in [-0.3, -0.25) is 4.79 Å².